The van der Waals surface area contributed by atoms with Crippen LogP contribution in [0.4, 0.5) is 0 Å². The molecule has 1 heterocycles. The van der Waals surface area contributed by atoms with Gasteiger partial charge in [0.15, 0.2) is 11.0 Å². The van der Waals surface area contributed by atoms with Gasteiger partial charge < -0.3 is 5.11 Å². The van der Waals surface area contributed by atoms with Crippen LogP contribution >= 0.6 is 43.6 Å². The number of para-hydroxylation sites is 1. The first-order chi connectivity index (χ1) is 16.0. The maximum atomic E-state index is 12.4. The van der Waals surface area contributed by atoms with E-state index in [4.69, 9.17) is 0 Å². The third kappa shape index (κ3) is 5.70. The molecule has 7 nitrogen and oxygen atoms in total. The molecule has 0 aliphatic heterocycles. The van der Waals surface area contributed by atoms with Crippen LogP contribution in [0.5, 0.6) is 5.75 Å². The molecule has 0 atom stereocenters. The predicted octanol–water partition coefficient (Wildman–Crippen LogP) is 5.41. The number of hydrazone groups is 1. The molecule has 166 valence electrons. The number of rotatable bonds is 7. The molecule has 0 saturated carbocycles. The SMILES string of the molecule is O=C(CSc1nnc(-c2ccccc2)n1-c1ccccc1)NN=Cc1cc(Br)cc(Br)c1O. The number of nitrogens with zero attached hydrogens (tertiary/aromatic N) is 4. The lowest BCUT2D eigenvalue weighted by Crippen LogP contribution is -2.20. The third-order valence-corrected chi connectivity index (χ3v) is 6.45. The average molecular weight is 587 g/mol. The predicted molar refractivity (Wildman–Crippen MR) is 137 cm³/mol. The monoisotopic (exact) mass is 585 g/mol. The zero-order chi connectivity index (χ0) is 23.2. The quantitative estimate of drug-likeness (QED) is 0.172. The molecule has 0 saturated heterocycles. The van der Waals surface area contributed by atoms with Crippen molar-refractivity contribution in [2.75, 3.05) is 5.75 Å². The molecule has 1 aromatic heterocycles. The highest BCUT2D eigenvalue weighted by Crippen LogP contribution is 2.31. The van der Waals surface area contributed by atoms with Gasteiger partial charge >= 0.3 is 0 Å². The largest absolute Gasteiger partial charge is 0.506 e. The van der Waals surface area contributed by atoms with Crippen LogP contribution in [0, 0.1) is 0 Å². The van der Waals surface area contributed by atoms with E-state index in [0.29, 0.717) is 21.0 Å². The Morgan fingerprint density at radius 3 is 2.48 bits per heavy atom. The molecule has 0 bridgehead atoms. The molecule has 0 radical (unpaired) electrons. The van der Waals surface area contributed by atoms with Crippen LogP contribution in [0.3, 0.4) is 0 Å². The van der Waals surface area contributed by atoms with Gasteiger partial charge in [-0.05, 0) is 40.2 Å². The maximum Gasteiger partial charge on any atom is 0.250 e. The summed E-state index contributed by atoms with van der Waals surface area (Å²) in [5.41, 5.74) is 4.76. The second-order valence-electron chi connectivity index (χ2n) is 6.75. The van der Waals surface area contributed by atoms with Gasteiger partial charge in [0.25, 0.3) is 5.91 Å². The topological polar surface area (TPSA) is 92.4 Å². The molecule has 0 aliphatic rings. The number of carbonyl (C=O) groups is 1. The molecule has 0 spiro atoms. The van der Waals surface area contributed by atoms with Gasteiger partial charge in [0.05, 0.1) is 16.4 Å². The summed E-state index contributed by atoms with van der Waals surface area (Å²) >= 11 is 7.88. The molecular formula is C23H17Br2N5O2S. The Bertz CT molecular complexity index is 1300. The van der Waals surface area contributed by atoms with Crippen LogP contribution in [-0.2, 0) is 4.79 Å². The Kier molecular flexibility index (Phi) is 7.58. The van der Waals surface area contributed by atoms with Crippen LogP contribution in [-0.4, -0.2) is 37.7 Å². The van der Waals surface area contributed by atoms with Crippen LogP contribution in [0.2, 0.25) is 0 Å². The number of thioether (sulfide) groups is 1. The summed E-state index contributed by atoms with van der Waals surface area (Å²) in [4.78, 5) is 12.4. The molecule has 1 amide bonds. The van der Waals surface area contributed by atoms with E-state index in [9.17, 15) is 9.90 Å². The Hall–Kier alpha value is -2.95. The van der Waals surface area contributed by atoms with Crippen LogP contribution < -0.4 is 5.43 Å². The number of aromatic nitrogens is 3. The first-order valence-corrected chi connectivity index (χ1v) is 12.3. The minimum absolute atomic E-state index is 0.0370. The number of carbonyl (C=O) groups excluding carboxylic acids is 1. The standard InChI is InChI=1S/C23H17Br2N5O2S/c24-17-11-16(21(32)19(25)12-17)13-26-27-20(31)14-33-23-29-28-22(15-7-3-1-4-8-15)30(23)18-9-5-2-6-10-18/h1-13,32H,14H2,(H,27,31). The number of benzene rings is 3. The van der Waals surface area contributed by atoms with Crippen molar-refractivity contribution in [3.05, 3.63) is 87.3 Å². The highest BCUT2D eigenvalue weighted by Gasteiger charge is 2.17. The lowest BCUT2D eigenvalue weighted by Gasteiger charge is -2.10. The fourth-order valence-electron chi connectivity index (χ4n) is 2.97. The highest BCUT2D eigenvalue weighted by atomic mass is 79.9. The van der Waals surface area contributed by atoms with Crippen molar-refractivity contribution in [3.8, 4) is 22.8 Å². The van der Waals surface area contributed by atoms with Gasteiger partial charge in [0.1, 0.15) is 5.75 Å². The molecule has 0 unspecified atom stereocenters. The molecule has 2 N–H and O–H groups in total. The minimum Gasteiger partial charge on any atom is -0.506 e. The van der Waals surface area contributed by atoms with E-state index in [1.54, 1.807) is 12.1 Å². The summed E-state index contributed by atoms with van der Waals surface area (Å²) in [6, 6.07) is 22.9. The second-order valence-corrected chi connectivity index (χ2v) is 9.46. The summed E-state index contributed by atoms with van der Waals surface area (Å²) < 4.78 is 3.22. The molecule has 0 fully saturated rings. The molecule has 3 aromatic carbocycles. The van der Waals surface area contributed by atoms with E-state index < -0.39 is 0 Å². The molecule has 0 aliphatic carbocycles. The van der Waals surface area contributed by atoms with E-state index in [2.05, 4.69) is 52.6 Å². The first-order valence-electron chi connectivity index (χ1n) is 9.72. The third-order valence-electron chi connectivity index (χ3n) is 4.46. The summed E-state index contributed by atoms with van der Waals surface area (Å²) in [7, 11) is 0. The van der Waals surface area contributed by atoms with Crippen molar-refractivity contribution in [1.29, 1.82) is 0 Å². The molecule has 10 heteroatoms. The lowest BCUT2D eigenvalue weighted by molar-refractivity contribution is -0.118. The zero-order valence-electron chi connectivity index (χ0n) is 17.0. The van der Waals surface area contributed by atoms with Crippen molar-refractivity contribution >= 4 is 55.7 Å². The number of nitrogens with one attached hydrogen (secondary N) is 1. The lowest BCUT2D eigenvalue weighted by atomic mass is 10.2. The van der Waals surface area contributed by atoms with Crippen molar-refractivity contribution in [2.45, 2.75) is 5.16 Å². The van der Waals surface area contributed by atoms with E-state index in [0.717, 1.165) is 15.7 Å². The number of aromatic hydroxyl groups is 1. The second kappa shape index (κ2) is 10.8. The highest BCUT2D eigenvalue weighted by molar-refractivity contribution is 9.11. The van der Waals surface area contributed by atoms with E-state index >= 15 is 0 Å². The number of hydrogen-bond acceptors (Lipinski definition) is 6. The average Bonchev–Trinajstić information content (AvgIpc) is 3.26. The molecule has 4 aromatic rings. The van der Waals surface area contributed by atoms with Gasteiger partial charge in [0.2, 0.25) is 0 Å². The Morgan fingerprint density at radius 2 is 1.76 bits per heavy atom. The number of hydrogen-bond donors (Lipinski definition) is 2. The van der Waals surface area contributed by atoms with E-state index in [1.165, 1.54) is 18.0 Å². The summed E-state index contributed by atoms with van der Waals surface area (Å²) in [6.07, 6.45) is 1.38. The van der Waals surface area contributed by atoms with Gasteiger partial charge in [-0.15, -0.1) is 10.2 Å². The summed E-state index contributed by atoms with van der Waals surface area (Å²) in [5.74, 6) is 0.507. The minimum atomic E-state index is -0.311. The Morgan fingerprint density at radius 1 is 1.06 bits per heavy atom. The van der Waals surface area contributed by atoms with E-state index in [-0.39, 0.29) is 17.4 Å². The number of amides is 1. The van der Waals surface area contributed by atoms with Gasteiger partial charge in [-0.3, -0.25) is 9.36 Å². The first kappa shape index (κ1) is 23.2. The molecule has 4 rings (SSSR count). The summed E-state index contributed by atoms with van der Waals surface area (Å²) in [6.45, 7) is 0. The normalized spacial score (nSPS) is 11.1. The fourth-order valence-corrected chi connectivity index (χ4v) is 4.97. The van der Waals surface area contributed by atoms with Crippen molar-refractivity contribution < 1.29 is 9.90 Å². The maximum absolute atomic E-state index is 12.4. The Labute approximate surface area is 211 Å². The zero-order valence-corrected chi connectivity index (χ0v) is 21.0. The number of phenolic OH excluding ortho intramolecular Hbond substituents is 1. The smallest absolute Gasteiger partial charge is 0.250 e. The molecular weight excluding hydrogens is 570 g/mol. The van der Waals surface area contributed by atoms with Crippen LogP contribution in [0.15, 0.2) is 92.0 Å². The Balaban J connectivity index is 1.48. The molecule has 33 heavy (non-hydrogen) atoms. The number of halogens is 2. The van der Waals surface area contributed by atoms with Crippen LogP contribution in [0.1, 0.15) is 5.56 Å². The van der Waals surface area contributed by atoms with Crippen LogP contribution in [0.25, 0.3) is 17.1 Å². The van der Waals surface area contributed by atoms with Gasteiger partial charge in [-0.25, -0.2) is 5.43 Å². The van der Waals surface area contributed by atoms with Crippen molar-refractivity contribution in [2.24, 2.45) is 5.10 Å². The van der Waals surface area contributed by atoms with Crippen molar-refractivity contribution in [3.63, 3.8) is 0 Å². The van der Waals surface area contributed by atoms with Crippen molar-refractivity contribution in [1.82, 2.24) is 20.2 Å². The van der Waals surface area contributed by atoms with Gasteiger partial charge in [-0.2, -0.15) is 5.10 Å². The summed E-state index contributed by atoms with van der Waals surface area (Å²) in [5, 5.41) is 23.3. The van der Waals surface area contributed by atoms with E-state index in [1.807, 2.05) is 65.2 Å². The number of phenols is 1. The fraction of sp³-hybridized carbons (Fsp3) is 0.0435. The van der Waals surface area contributed by atoms with Gasteiger partial charge in [0, 0.05) is 21.3 Å². The van der Waals surface area contributed by atoms with Gasteiger partial charge in [-0.1, -0.05) is 76.2 Å².